The molecule has 0 heterocycles. The molecule has 47 valence electrons. The first-order valence-corrected chi connectivity index (χ1v) is 2.77. The summed E-state index contributed by atoms with van der Waals surface area (Å²) in [4.78, 5) is 0. The van der Waals surface area contributed by atoms with Gasteiger partial charge in [0.1, 0.15) is 0 Å². The summed E-state index contributed by atoms with van der Waals surface area (Å²) in [5.41, 5.74) is 2.06. The summed E-state index contributed by atoms with van der Waals surface area (Å²) in [6, 6.07) is 8.59. The molecule has 1 aromatic carbocycles. The van der Waals surface area contributed by atoms with E-state index in [0.717, 1.165) is 11.1 Å². The van der Waals surface area contributed by atoms with E-state index in [4.69, 9.17) is 6.42 Å². The van der Waals surface area contributed by atoms with Crippen LogP contribution in [0.2, 0.25) is 0 Å². The Labute approximate surface area is 86.9 Å². The molecule has 0 amide bonds. The van der Waals surface area contributed by atoms with Crippen LogP contribution in [0.5, 0.6) is 0 Å². The number of aryl methyl sites for hydroxylation is 1. The Balaban J connectivity index is 0.000000810. The van der Waals surface area contributed by atoms with Gasteiger partial charge in [-0.2, -0.15) is 29.8 Å². The zero-order valence-corrected chi connectivity index (χ0v) is 8.73. The van der Waals surface area contributed by atoms with Crippen LogP contribution in [0, 0.1) is 25.3 Å². The van der Waals surface area contributed by atoms with Crippen LogP contribution < -0.4 is 0 Å². The van der Waals surface area contributed by atoms with Crippen LogP contribution in [0.15, 0.2) is 18.2 Å². The molecular weight excluding hydrogens is 197 g/mol. The second kappa shape index (κ2) is 4.66. The molecule has 0 saturated carbocycles. The smallest absolute Gasteiger partial charge is 0 e. The first kappa shape index (κ1) is 9.88. The molecule has 10 heavy (non-hydrogen) atoms. The monoisotopic (exact) mass is 204 g/mol. The molecule has 0 atom stereocenters. The largest absolute Gasteiger partial charge is 0.182 e. The van der Waals surface area contributed by atoms with Gasteiger partial charge in [0.15, 0.2) is 0 Å². The van der Waals surface area contributed by atoms with E-state index in [2.05, 4.69) is 12.0 Å². The Morgan fingerprint density at radius 3 is 2.60 bits per heavy atom. The molecule has 0 nitrogen and oxygen atoms in total. The van der Waals surface area contributed by atoms with Crippen LogP contribution in [0.3, 0.4) is 0 Å². The fourth-order valence-electron chi connectivity index (χ4n) is 0.675. The molecule has 1 radical (unpaired) electrons. The maximum atomic E-state index is 5.15. The van der Waals surface area contributed by atoms with Crippen molar-refractivity contribution in [3.8, 4) is 12.3 Å². The number of hydrogen-bond acceptors (Lipinski definition) is 0. The van der Waals surface area contributed by atoms with Gasteiger partial charge in [0.05, 0.1) is 0 Å². The summed E-state index contributed by atoms with van der Waals surface area (Å²) in [6.45, 7) is 2.00. The van der Waals surface area contributed by atoms with Crippen molar-refractivity contribution in [2.75, 3.05) is 0 Å². The number of terminal acetylenes is 1. The minimum Gasteiger partial charge on any atom is -0.182 e. The fourth-order valence-corrected chi connectivity index (χ4v) is 0.675. The van der Waals surface area contributed by atoms with E-state index in [1.54, 1.807) is 6.07 Å². The SMILES string of the molecule is C#Cc1c[c-]cc(C)c1.[Y]. The third kappa shape index (κ3) is 2.65. The molecule has 1 aromatic rings. The van der Waals surface area contributed by atoms with Gasteiger partial charge in [-0.05, 0) is 0 Å². The zero-order chi connectivity index (χ0) is 6.69. The predicted molar refractivity (Wildman–Crippen MR) is 38.0 cm³/mol. The van der Waals surface area contributed by atoms with E-state index >= 15 is 0 Å². The summed E-state index contributed by atoms with van der Waals surface area (Å²) in [5, 5.41) is 0. The Hall–Kier alpha value is -0.116. The molecular formula is C9H7Y-. The molecule has 0 N–H and O–H groups in total. The molecule has 0 saturated heterocycles. The van der Waals surface area contributed by atoms with Gasteiger partial charge < -0.3 is 0 Å². The standard InChI is InChI=1S/C9H7.Y/c1-3-9-6-4-5-8(2)7-9;/h1,5-7H,2H3;/q-1;. The minimum absolute atomic E-state index is 0. The van der Waals surface area contributed by atoms with E-state index in [0.29, 0.717) is 0 Å². The van der Waals surface area contributed by atoms with Crippen molar-refractivity contribution in [1.82, 2.24) is 0 Å². The molecule has 0 aliphatic heterocycles. The van der Waals surface area contributed by atoms with Crippen LogP contribution in [0.25, 0.3) is 0 Å². The van der Waals surface area contributed by atoms with Crippen LogP contribution in [0.1, 0.15) is 11.1 Å². The summed E-state index contributed by atoms with van der Waals surface area (Å²) < 4.78 is 0. The van der Waals surface area contributed by atoms with Gasteiger partial charge in [0, 0.05) is 32.7 Å². The molecule has 0 aromatic heterocycles. The topological polar surface area (TPSA) is 0 Å². The van der Waals surface area contributed by atoms with Gasteiger partial charge >= 0.3 is 0 Å². The predicted octanol–water partition coefficient (Wildman–Crippen LogP) is 1.77. The van der Waals surface area contributed by atoms with Crippen LogP contribution in [0.4, 0.5) is 0 Å². The van der Waals surface area contributed by atoms with Crippen molar-refractivity contribution in [1.29, 1.82) is 0 Å². The van der Waals surface area contributed by atoms with Gasteiger partial charge in [0.2, 0.25) is 0 Å². The molecule has 0 spiro atoms. The third-order valence-electron chi connectivity index (χ3n) is 1.10. The maximum absolute atomic E-state index is 5.15. The Morgan fingerprint density at radius 2 is 2.20 bits per heavy atom. The summed E-state index contributed by atoms with van der Waals surface area (Å²) >= 11 is 0. The molecule has 0 aliphatic carbocycles. The number of rotatable bonds is 0. The second-order valence-electron chi connectivity index (χ2n) is 1.94. The quantitative estimate of drug-likeness (QED) is 0.446. The first-order valence-electron chi connectivity index (χ1n) is 2.77. The van der Waals surface area contributed by atoms with Crippen molar-refractivity contribution in [3.05, 3.63) is 35.4 Å². The number of benzene rings is 1. The molecule has 0 bridgehead atoms. The van der Waals surface area contributed by atoms with E-state index in [1.165, 1.54) is 0 Å². The van der Waals surface area contributed by atoms with Gasteiger partial charge in [0.25, 0.3) is 0 Å². The van der Waals surface area contributed by atoms with Crippen LogP contribution in [-0.4, -0.2) is 0 Å². The Kier molecular flexibility index (Phi) is 4.61. The van der Waals surface area contributed by atoms with Crippen molar-refractivity contribution < 1.29 is 32.7 Å². The molecule has 0 aliphatic rings. The Morgan fingerprint density at radius 1 is 1.50 bits per heavy atom. The van der Waals surface area contributed by atoms with Gasteiger partial charge in [-0.15, -0.1) is 12.3 Å². The van der Waals surface area contributed by atoms with Gasteiger partial charge in [-0.1, -0.05) is 12.5 Å². The van der Waals surface area contributed by atoms with E-state index in [1.807, 2.05) is 19.1 Å². The average molecular weight is 204 g/mol. The normalized spacial score (nSPS) is 7.60. The van der Waals surface area contributed by atoms with E-state index < -0.39 is 0 Å². The average Bonchev–Trinajstić information content (AvgIpc) is 1.88. The van der Waals surface area contributed by atoms with Crippen LogP contribution >= 0.6 is 0 Å². The van der Waals surface area contributed by atoms with E-state index in [9.17, 15) is 0 Å². The van der Waals surface area contributed by atoms with Crippen molar-refractivity contribution in [2.45, 2.75) is 6.92 Å². The molecule has 1 heteroatoms. The number of hydrogen-bond donors (Lipinski definition) is 0. The minimum atomic E-state index is 0. The fraction of sp³-hybridized carbons (Fsp3) is 0.111. The van der Waals surface area contributed by atoms with Crippen LogP contribution in [-0.2, 0) is 32.7 Å². The summed E-state index contributed by atoms with van der Waals surface area (Å²) in [5.74, 6) is 2.54. The second-order valence-corrected chi connectivity index (χ2v) is 1.94. The Bertz CT molecular complexity index is 245. The maximum Gasteiger partial charge on any atom is 0 e. The zero-order valence-electron chi connectivity index (χ0n) is 5.89. The molecule has 0 fully saturated rings. The first-order chi connectivity index (χ1) is 4.33. The van der Waals surface area contributed by atoms with Gasteiger partial charge in [-0.3, -0.25) is 0 Å². The van der Waals surface area contributed by atoms with E-state index in [-0.39, 0.29) is 32.7 Å². The van der Waals surface area contributed by atoms with Crippen molar-refractivity contribution >= 4 is 0 Å². The summed E-state index contributed by atoms with van der Waals surface area (Å²) in [6.07, 6.45) is 5.15. The van der Waals surface area contributed by atoms with Crippen molar-refractivity contribution in [3.63, 3.8) is 0 Å². The van der Waals surface area contributed by atoms with Crippen molar-refractivity contribution in [2.24, 2.45) is 0 Å². The van der Waals surface area contributed by atoms with Gasteiger partial charge in [-0.25, -0.2) is 0 Å². The molecule has 0 unspecified atom stereocenters. The summed E-state index contributed by atoms with van der Waals surface area (Å²) in [7, 11) is 0. The molecule has 1 rings (SSSR count). The third-order valence-corrected chi connectivity index (χ3v) is 1.10.